The molecule has 15 heavy (non-hydrogen) atoms. The molecule has 1 spiro atoms. The zero-order chi connectivity index (χ0) is 11.1. The molecule has 0 aromatic heterocycles. The summed E-state index contributed by atoms with van der Waals surface area (Å²) in [6, 6.07) is 0.0236. The van der Waals surface area contributed by atoms with Gasteiger partial charge in [-0.25, -0.2) is 8.42 Å². The molecule has 0 unspecified atom stereocenters. The van der Waals surface area contributed by atoms with E-state index >= 15 is 0 Å². The predicted molar refractivity (Wildman–Crippen MR) is 55.0 cm³/mol. The quantitative estimate of drug-likeness (QED) is 0.535. The molecule has 0 aliphatic carbocycles. The molecular formula is C9H18NO4S+. The van der Waals surface area contributed by atoms with Crippen LogP contribution in [0.3, 0.4) is 0 Å². The Labute approximate surface area is 89.8 Å². The van der Waals surface area contributed by atoms with Crippen LogP contribution in [0.2, 0.25) is 0 Å². The molecule has 0 saturated carbocycles. The van der Waals surface area contributed by atoms with Crippen LogP contribution >= 0.6 is 0 Å². The molecule has 0 amide bonds. The second-order valence-corrected chi connectivity index (χ2v) is 7.03. The summed E-state index contributed by atoms with van der Waals surface area (Å²) in [5.74, 6) is 0.381. The second-order valence-electron chi connectivity index (χ2n) is 4.73. The van der Waals surface area contributed by atoms with Crippen LogP contribution in [-0.2, 0) is 9.84 Å². The van der Waals surface area contributed by atoms with E-state index in [4.69, 9.17) is 0 Å². The molecule has 0 radical (unpaired) electrons. The molecule has 2 fully saturated rings. The Morgan fingerprint density at radius 2 is 1.87 bits per heavy atom. The second kappa shape index (κ2) is 3.69. The van der Waals surface area contributed by atoms with Gasteiger partial charge in [-0.15, -0.1) is 0 Å². The standard InChI is InChI=1S/C9H18NO4S/c11-7-8-5-9(12)6-10(8)1-3-15(13,14)4-2-10/h8-9,11-12H,1-7H2/q+1/t8-,9+/m0/s1. The smallest absolute Gasteiger partial charge is 0.161 e. The van der Waals surface area contributed by atoms with Gasteiger partial charge < -0.3 is 14.7 Å². The van der Waals surface area contributed by atoms with Gasteiger partial charge in [-0.1, -0.05) is 0 Å². The zero-order valence-electron chi connectivity index (χ0n) is 8.67. The highest BCUT2D eigenvalue weighted by Gasteiger charge is 2.48. The van der Waals surface area contributed by atoms with Crippen molar-refractivity contribution >= 4 is 9.84 Å². The van der Waals surface area contributed by atoms with Gasteiger partial charge in [0.05, 0.1) is 31.2 Å². The van der Waals surface area contributed by atoms with Gasteiger partial charge in [0, 0.05) is 6.42 Å². The van der Waals surface area contributed by atoms with Crippen LogP contribution in [0, 0.1) is 0 Å². The lowest BCUT2D eigenvalue weighted by Gasteiger charge is -2.41. The minimum Gasteiger partial charge on any atom is -0.390 e. The van der Waals surface area contributed by atoms with Crippen molar-refractivity contribution in [2.24, 2.45) is 0 Å². The van der Waals surface area contributed by atoms with Crippen molar-refractivity contribution in [3.63, 3.8) is 0 Å². The maximum absolute atomic E-state index is 11.3. The van der Waals surface area contributed by atoms with Crippen LogP contribution in [0.15, 0.2) is 0 Å². The molecule has 6 heteroatoms. The SMILES string of the molecule is O=S1(=O)CC[N+]2(CC1)C[C@H](O)C[C@H]2CO. The maximum atomic E-state index is 11.3. The van der Waals surface area contributed by atoms with E-state index < -0.39 is 9.84 Å². The molecule has 0 bridgehead atoms. The van der Waals surface area contributed by atoms with Gasteiger partial charge in [0.1, 0.15) is 18.7 Å². The van der Waals surface area contributed by atoms with Crippen LogP contribution in [-0.4, -0.2) is 73.0 Å². The van der Waals surface area contributed by atoms with E-state index in [9.17, 15) is 18.6 Å². The molecule has 0 aromatic carbocycles. The largest absolute Gasteiger partial charge is 0.390 e. The summed E-state index contributed by atoms with van der Waals surface area (Å²) in [6.45, 7) is 1.73. The fourth-order valence-corrected chi connectivity index (χ4v) is 4.32. The molecule has 2 rings (SSSR count). The molecule has 2 heterocycles. The van der Waals surface area contributed by atoms with E-state index in [1.165, 1.54) is 0 Å². The van der Waals surface area contributed by atoms with Crippen molar-refractivity contribution in [1.82, 2.24) is 0 Å². The first kappa shape index (κ1) is 11.3. The third kappa shape index (κ3) is 2.04. The summed E-state index contributed by atoms with van der Waals surface area (Å²) in [7, 11) is -2.87. The zero-order valence-corrected chi connectivity index (χ0v) is 9.49. The average Bonchev–Trinajstić information content (AvgIpc) is 2.49. The number of nitrogens with zero attached hydrogens (tertiary/aromatic N) is 1. The van der Waals surface area contributed by atoms with Crippen molar-refractivity contribution in [2.75, 3.05) is 37.7 Å². The first-order chi connectivity index (χ1) is 6.97. The first-order valence-electron chi connectivity index (χ1n) is 5.32. The molecule has 5 nitrogen and oxygen atoms in total. The molecule has 88 valence electrons. The van der Waals surface area contributed by atoms with Crippen molar-refractivity contribution < 1.29 is 23.1 Å². The van der Waals surface area contributed by atoms with Crippen molar-refractivity contribution in [3.8, 4) is 0 Å². The Balaban J connectivity index is 2.14. The predicted octanol–water partition coefficient (Wildman–Crippen LogP) is -1.64. The van der Waals surface area contributed by atoms with Gasteiger partial charge in [-0.2, -0.15) is 0 Å². The summed E-state index contributed by atoms with van der Waals surface area (Å²) in [6.07, 6.45) is 0.208. The van der Waals surface area contributed by atoms with Crippen molar-refractivity contribution in [1.29, 1.82) is 0 Å². The Morgan fingerprint density at radius 3 is 2.40 bits per heavy atom. The monoisotopic (exact) mass is 236 g/mol. The van der Waals surface area contributed by atoms with E-state index in [1.54, 1.807) is 0 Å². The molecule has 2 N–H and O–H groups in total. The van der Waals surface area contributed by atoms with Gasteiger partial charge in [0.2, 0.25) is 0 Å². The lowest BCUT2D eigenvalue weighted by molar-refractivity contribution is -0.937. The fourth-order valence-electron chi connectivity index (χ4n) is 2.83. The van der Waals surface area contributed by atoms with E-state index in [0.29, 0.717) is 30.5 Å². The van der Waals surface area contributed by atoms with Gasteiger partial charge in [0.25, 0.3) is 0 Å². The molecular weight excluding hydrogens is 218 g/mol. The van der Waals surface area contributed by atoms with Gasteiger partial charge >= 0.3 is 0 Å². The van der Waals surface area contributed by atoms with E-state index in [0.717, 1.165) is 0 Å². The number of rotatable bonds is 1. The van der Waals surface area contributed by atoms with Crippen LogP contribution in [0.4, 0.5) is 0 Å². The Bertz CT molecular complexity index is 326. The van der Waals surface area contributed by atoms with Crippen molar-refractivity contribution in [2.45, 2.75) is 18.6 Å². The van der Waals surface area contributed by atoms with E-state index in [-0.39, 0.29) is 30.3 Å². The highest BCUT2D eigenvalue weighted by Crippen LogP contribution is 2.29. The molecule has 2 aliphatic rings. The van der Waals surface area contributed by atoms with Crippen LogP contribution < -0.4 is 0 Å². The number of aliphatic hydroxyl groups is 2. The third-order valence-corrected chi connectivity index (χ3v) is 5.41. The summed E-state index contributed by atoms with van der Waals surface area (Å²) >= 11 is 0. The third-order valence-electron chi connectivity index (χ3n) is 3.80. The number of hydrogen-bond donors (Lipinski definition) is 2. The number of quaternary nitrogens is 1. The fraction of sp³-hybridized carbons (Fsp3) is 1.00. The van der Waals surface area contributed by atoms with E-state index in [1.807, 2.05) is 0 Å². The number of aliphatic hydroxyl groups excluding tert-OH is 2. The first-order valence-corrected chi connectivity index (χ1v) is 7.15. The Kier molecular flexibility index (Phi) is 2.79. The van der Waals surface area contributed by atoms with Crippen LogP contribution in [0.25, 0.3) is 0 Å². The Hall–Kier alpha value is -0.170. The maximum Gasteiger partial charge on any atom is 0.161 e. The van der Waals surface area contributed by atoms with Gasteiger partial charge in [-0.05, 0) is 0 Å². The summed E-state index contributed by atoms with van der Waals surface area (Å²) in [5.41, 5.74) is 0. The van der Waals surface area contributed by atoms with Crippen LogP contribution in [0.1, 0.15) is 6.42 Å². The molecule has 2 atom stereocenters. The van der Waals surface area contributed by atoms with Crippen molar-refractivity contribution in [3.05, 3.63) is 0 Å². The highest BCUT2D eigenvalue weighted by molar-refractivity contribution is 7.91. The van der Waals surface area contributed by atoms with Gasteiger partial charge in [0.15, 0.2) is 9.84 Å². The summed E-state index contributed by atoms with van der Waals surface area (Å²) in [5, 5.41) is 18.9. The number of sulfone groups is 1. The van der Waals surface area contributed by atoms with Crippen LogP contribution in [0.5, 0.6) is 0 Å². The molecule has 2 saturated heterocycles. The normalized spacial score (nSPS) is 38.3. The molecule has 0 aromatic rings. The van der Waals surface area contributed by atoms with E-state index in [2.05, 4.69) is 0 Å². The lowest BCUT2D eigenvalue weighted by Crippen LogP contribution is -2.60. The average molecular weight is 236 g/mol. The Morgan fingerprint density at radius 1 is 1.27 bits per heavy atom. The highest BCUT2D eigenvalue weighted by atomic mass is 32.2. The molecule has 2 aliphatic heterocycles. The number of hydrogen-bond acceptors (Lipinski definition) is 4. The topological polar surface area (TPSA) is 74.6 Å². The minimum absolute atomic E-state index is 0.0236. The van der Waals surface area contributed by atoms with Gasteiger partial charge in [-0.3, -0.25) is 0 Å². The minimum atomic E-state index is -2.87. The summed E-state index contributed by atoms with van der Waals surface area (Å²) < 4.78 is 23.3. The summed E-state index contributed by atoms with van der Waals surface area (Å²) in [4.78, 5) is 0. The lowest BCUT2D eigenvalue weighted by atomic mass is 10.2.